The van der Waals surface area contributed by atoms with Crippen LogP contribution in [0.1, 0.15) is 43.5 Å². The molecule has 29 heavy (non-hydrogen) atoms. The summed E-state index contributed by atoms with van der Waals surface area (Å²) in [7, 11) is 0. The summed E-state index contributed by atoms with van der Waals surface area (Å²) in [6.45, 7) is 7.52. The molecule has 2 heterocycles. The lowest BCUT2D eigenvalue weighted by molar-refractivity contribution is -0.132. The average molecular weight is 409 g/mol. The zero-order valence-electron chi connectivity index (χ0n) is 17.0. The standard InChI is InChI=1S/C21H29F2N3O3/c1-14-11-25(12-15(2)29-14)13-17-4-3-9-26(17)20(27)7-8-24-21(28)18-6-5-16(22)10-19(18)23/h5-6,10,14-15,17H,3-4,7-9,11-13H2,1-2H3,(H,24,28). The van der Waals surface area contributed by atoms with E-state index in [1.807, 2.05) is 4.90 Å². The van der Waals surface area contributed by atoms with Crippen LogP contribution in [0.4, 0.5) is 8.78 Å². The summed E-state index contributed by atoms with van der Waals surface area (Å²) in [6, 6.07) is 2.97. The minimum Gasteiger partial charge on any atom is -0.373 e. The molecule has 160 valence electrons. The van der Waals surface area contributed by atoms with Crippen molar-refractivity contribution < 1.29 is 23.1 Å². The van der Waals surface area contributed by atoms with Crippen LogP contribution in [0.5, 0.6) is 0 Å². The van der Waals surface area contributed by atoms with Crippen molar-refractivity contribution in [2.75, 3.05) is 32.7 Å². The maximum Gasteiger partial charge on any atom is 0.254 e. The molecule has 0 bridgehead atoms. The first kappa shape index (κ1) is 21.6. The maximum absolute atomic E-state index is 13.7. The van der Waals surface area contributed by atoms with E-state index in [2.05, 4.69) is 24.1 Å². The fraction of sp³-hybridized carbons (Fsp3) is 0.619. The number of carbonyl (C=O) groups is 2. The number of benzene rings is 1. The minimum atomic E-state index is -0.914. The van der Waals surface area contributed by atoms with Crippen LogP contribution in [0.3, 0.4) is 0 Å². The van der Waals surface area contributed by atoms with Gasteiger partial charge in [0.2, 0.25) is 5.91 Å². The van der Waals surface area contributed by atoms with Gasteiger partial charge in [-0.25, -0.2) is 8.78 Å². The predicted octanol–water partition coefficient (Wildman–Crippen LogP) is 2.18. The Hall–Kier alpha value is -2.06. The molecule has 0 aliphatic carbocycles. The molecule has 2 aliphatic heterocycles. The van der Waals surface area contributed by atoms with Crippen molar-refractivity contribution >= 4 is 11.8 Å². The van der Waals surface area contributed by atoms with E-state index in [-0.39, 0.29) is 42.7 Å². The van der Waals surface area contributed by atoms with Crippen molar-refractivity contribution in [2.24, 2.45) is 0 Å². The molecule has 6 nitrogen and oxygen atoms in total. The lowest BCUT2D eigenvalue weighted by Gasteiger charge is -2.38. The molecule has 2 aliphatic rings. The van der Waals surface area contributed by atoms with Gasteiger partial charge in [0.05, 0.1) is 17.8 Å². The summed E-state index contributed by atoms with van der Waals surface area (Å²) in [5.41, 5.74) is -0.228. The second kappa shape index (κ2) is 9.63. The van der Waals surface area contributed by atoms with Gasteiger partial charge in [0.15, 0.2) is 0 Å². The first-order valence-corrected chi connectivity index (χ1v) is 10.2. The van der Waals surface area contributed by atoms with Crippen LogP contribution in [-0.4, -0.2) is 72.6 Å². The van der Waals surface area contributed by atoms with Crippen molar-refractivity contribution in [3.05, 3.63) is 35.4 Å². The van der Waals surface area contributed by atoms with E-state index in [4.69, 9.17) is 4.74 Å². The molecule has 1 aromatic rings. The molecule has 2 fully saturated rings. The molecule has 3 atom stereocenters. The lowest BCUT2D eigenvalue weighted by atomic mass is 10.1. The molecule has 8 heteroatoms. The third kappa shape index (κ3) is 5.73. The number of hydrogen-bond acceptors (Lipinski definition) is 4. The van der Waals surface area contributed by atoms with Crippen LogP contribution in [0, 0.1) is 11.6 Å². The van der Waals surface area contributed by atoms with Gasteiger partial charge in [0.1, 0.15) is 11.6 Å². The minimum absolute atomic E-state index is 0.0123. The number of ether oxygens (including phenoxy) is 1. The van der Waals surface area contributed by atoms with Gasteiger partial charge in [-0.15, -0.1) is 0 Å². The van der Waals surface area contributed by atoms with Crippen molar-refractivity contribution in [3.8, 4) is 0 Å². The van der Waals surface area contributed by atoms with Crippen LogP contribution in [0.25, 0.3) is 0 Å². The molecule has 3 rings (SSSR count). The van der Waals surface area contributed by atoms with Crippen LogP contribution in [0.15, 0.2) is 18.2 Å². The van der Waals surface area contributed by atoms with Gasteiger partial charge in [-0.1, -0.05) is 0 Å². The number of likely N-dealkylation sites (tertiary alicyclic amines) is 1. The normalized spacial score (nSPS) is 25.2. The van der Waals surface area contributed by atoms with Gasteiger partial charge in [-0.05, 0) is 38.8 Å². The highest BCUT2D eigenvalue weighted by atomic mass is 19.1. The van der Waals surface area contributed by atoms with Gasteiger partial charge < -0.3 is 15.0 Å². The molecule has 0 aromatic heterocycles. The highest BCUT2D eigenvalue weighted by Gasteiger charge is 2.32. The Labute approximate surface area is 170 Å². The summed E-state index contributed by atoms with van der Waals surface area (Å²) < 4.78 is 32.4. The van der Waals surface area contributed by atoms with Crippen LogP contribution in [0.2, 0.25) is 0 Å². The Kier molecular flexibility index (Phi) is 7.18. The van der Waals surface area contributed by atoms with E-state index < -0.39 is 17.5 Å². The lowest BCUT2D eigenvalue weighted by Crippen LogP contribution is -2.51. The number of amides is 2. The van der Waals surface area contributed by atoms with E-state index in [9.17, 15) is 18.4 Å². The zero-order chi connectivity index (χ0) is 21.0. The monoisotopic (exact) mass is 409 g/mol. The summed E-state index contributed by atoms with van der Waals surface area (Å²) >= 11 is 0. The van der Waals surface area contributed by atoms with Crippen molar-refractivity contribution in [1.29, 1.82) is 0 Å². The smallest absolute Gasteiger partial charge is 0.254 e. The fourth-order valence-corrected chi connectivity index (χ4v) is 4.28. The molecular formula is C21H29F2N3O3. The molecule has 0 saturated carbocycles. The van der Waals surface area contributed by atoms with Crippen LogP contribution in [-0.2, 0) is 9.53 Å². The van der Waals surface area contributed by atoms with Crippen molar-refractivity contribution in [3.63, 3.8) is 0 Å². The predicted molar refractivity (Wildman–Crippen MR) is 104 cm³/mol. The number of nitrogens with zero attached hydrogens (tertiary/aromatic N) is 2. The van der Waals surface area contributed by atoms with Gasteiger partial charge in [-0.3, -0.25) is 14.5 Å². The zero-order valence-corrected chi connectivity index (χ0v) is 17.0. The Morgan fingerprint density at radius 3 is 2.62 bits per heavy atom. The van der Waals surface area contributed by atoms with Crippen LogP contribution >= 0.6 is 0 Å². The maximum atomic E-state index is 13.7. The Morgan fingerprint density at radius 2 is 1.93 bits per heavy atom. The largest absolute Gasteiger partial charge is 0.373 e. The SMILES string of the molecule is CC1CN(CC2CCCN2C(=O)CCNC(=O)c2ccc(F)cc2F)CC(C)O1. The topological polar surface area (TPSA) is 61.9 Å². The molecule has 2 amide bonds. The van der Waals surface area contributed by atoms with Gasteiger partial charge >= 0.3 is 0 Å². The highest BCUT2D eigenvalue weighted by molar-refractivity contribution is 5.94. The summed E-state index contributed by atoms with van der Waals surface area (Å²) in [5, 5.41) is 2.55. The van der Waals surface area contributed by atoms with E-state index >= 15 is 0 Å². The number of carbonyl (C=O) groups excluding carboxylic acids is 2. The Balaban J connectivity index is 1.47. The number of hydrogen-bond donors (Lipinski definition) is 1. The fourth-order valence-electron chi connectivity index (χ4n) is 4.28. The number of nitrogens with one attached hydrogen (secondary N) is 1. The second-order valence-electron chi connectivity index (χ2n) is 7.99. The number of rotatable bonds is 6. The van der Waals surface area contributed by atoms with E-state index in [0.717, 1.165) is 51.2 Å². The second-order valence-corrected chi connectivity index (χ2v) is 7.99. The number of halogens is 2. The highest BCUT2D eigenvalue weighted by Crippen LogP contribution is 2.21. The van der Waals surface area contributed by atoms with Crippen molar-refractivity contribution in [2.45, 2.75) is 51.4 Å². The van der Waals surface area contributed by atoms with E-state index in [0.29, 0.717) is 6.07 Å². The molecule has 1 N–H and O–H groups in total. The Bertz CT molecular complexity index is 736. The van der Waals surface area contributed by atoms with Gasteiger partial charge in [0, 0.05) is 51.3 Å². The van der Waals surface area contributed by atoms with Gasteiger partial charge in [-0.2, -0.15) is 0 Å². The molecule has 0 spiro atoms. The van der Waals surface area contributed by atoms with E-state index in [1.54, 1.807) is 0 Å². The third-order valence-electron chi connectivity index (χ3n) is 5.46. The summed E-state index contributed by atoms with van der Waals surface area (Å²) in [6.07, 6.45) is 2.47. The third-order valence-corrected chi connectivity index (χ3v) is 5.46. The molecule has 2 saturated heterocycles. The quantitative estimate of drug-likeness (QED) is 0.783. The first-order chi connectivity index (χ1) is 13.8. The summed E-state index contributed by atoms with van der Waals surface area (Å²) in [4.78, 5) is 29.0. The first-order valence-electron chi connectivity index (χ1n) is 10.2. The average Bonchev–Trinajstić information content (AvgIpc) is 3.08. The van der Waals surface area contributed by atoms with E-state index in [1.165, 1.54) is 0 Å². The van der Waals surface area contributed by atoms with Gasteiger partial charge in [0.25, 0.3) is 5.91 Å². The molecule has 3 unspecified atom stereocenters. The number of morpholine rings is 1. The molecule has 1 aromatic carbocycles. The summed E-state index contributed by atoms with van der Waals surface area (Å²) in [5.74, 6) is -2.31. The van der Waals surface area contributed by atoms with Crippen LogP contribution < -0.4 is 5.32 Å². The molecular weight excluding hydrogens is 380 g/mol. The van der Waals surface area contributed by atoms with Crippen molar-refractivity contribution in [1.82, 2.24) is 15.1 Å². The molecule has 0 radical (unpaired) electrons. The Morgan fingerprint density at radius 1 is 1.21 bits per heavy atom.